The molecule has 0 spiro atoms. The number of ether oxygens (including phenoxy) is 3. The third kappa shape index (κ3) is 8.71. The van der Waals surface area contributed by atoms with Gasteiger partial charge in [0.2, 0.25) is 1.43 Å². The van der Waals surface area contributed by atoms with Gasteiger partial charge in [-0.2, -0.15) is 5.26 Å². The lowest BCUT2D eigenvalue weighted by Gasteiger charge is -2.38. The molecule has 2 N–H and O–H groups in total. The number of aromatic nitrogens is 2. The zero-order valence-corrected chi connectivity index (χ0v) is 23.0. The Morgan fingerprint density at radius 2 is 2.00 bits per heavy atom. The molecule has 36 heavy (non-hydrogen) atoms. The zero-order valence-electron chi connectivity index (χ0n) is 24.1. The number of H-pyrrole nitrogens is 1. The molecular formula is C23H41N4O8P. The predicted molar refractivity (Wildman–Crippen MR) is 135 cm³/mol. The molecule has 5 atom stereocenters. The van der Waals surface area contributed by atoms with Crippen LogP contribution in [0.3, 0.4) is 0 Å². The van der Waals surface area contributed by atoms with Gasteiger partial charge in [0, 0.05) is 39.4 Å². The number of hydrogen-bond acceptors (Lipinski definition) is 10. The molecule has 1 aliphatic rings. The molecule has 0 radical (unpaired) electrons. The van der Waals surface area contributed by atoms with Gasteiger partial charge >= 0.3 is 5.69 Å². The number of methoxy groups -OCH3 is 1. The Morgan fingerprint density at radius 1 is 1.33 bits per heavy atom. The van der Waals surface area contributed by atoms with Crippen LogP contribution in [-0.2, 0) is 23.3 Å². The minimum atomic E-state index is -1.65. The molecule has 0 amide bonds. The standard InChI is InChI=1S/C22H37N4O7P.CH4O/c1-14(2)26(15(3)4)34(31-10-8-9-23)33-18-17(6)32-21(19(18)30-12-11-29-7)25-13-16(5)20(27)24-22(25)28;1-2/h13-15,17-19,21H,8,10-12H2,1-7H3,(H,24,27,28);2H,1H3/t17-,18-,19-,21-,34?;/m1./s1/i6D;2T. The molecule has 0 aliphatic carbocycles. The lowest BCUT2D eigenvalue weighted by Crippen LogP contribution is -2.42. The molecule has 1 aromatic heterocycles. The van der Waals surface area contributed by atoms with Gasteiger partial charge in [-0.1, -0.05) is 0 Å². The van der Waals surface area contributed by atoms with Crippen LogP contribution in [0.5, 0.6) is 0 Å². The second-order valence-electron chi connectivity index (χ2n) is 8.49. The number of aliphatic hydroxyl groups excluding tert-OH is 1. The van der Waals surface area contributed by atoms with Gasteiger partial charge < -0.3 is 28.4 Å². The molecule has 1 aliphatic heterocycles. The van der Waals surface area contributed by atoms with E-state index in [1.807, 2.05) is 27.7 Å². The summed E-state index contributed by atoms with van der Waals surface area (Å²) in [6.07, 6.45) is -1.56. The average molecular weight is 536 g/mol. The summed E-state index contributed by atoms with van der Waals surface area (Å²) in [5, 5.41) is 12.5. The first-order chi connectivity index (χ1) is 18.1. The van der Waals surface area contributed by atoms with Gasteiger partial charge in [0.05, 0.1) is 38.4 Å². The van der Waals surface area contributed by atoms with Crippen molar-refractivity contribution in [3.05, 3.63) is 32.6 Å². The van der Waals surface area contributed by atoms with E-state index in [2.05, 4.69) is 20.8 Å². The summed E-state index contributed by atoms with van der Waals surface area (Å²) < 4.78 is 47.0. The fraction of sp³-hybridized carbons (Fsp3) is 0.783. The van der Waals surface area contributed by atoms with E-state index in [0.717, 1.165) is 0 Å². The lowest BCUT2D eigenvalue weighted by molar-refractivity contribution is -0.0776. The van der Waals surface area contributed by atoms with E-state index in [0.29, 0.717) is 12.2 Å². The van der Waals surface area contributed by atoms with E-state index in [1.54, 1.807) is 14.0 Å². The van der Waals surface area contributed by atoms with Crippen LogP contribution in [0, 0.1) is 18.3 Å². The molecule has 12 nitrogen and oxygen atoms in total. The van der Waals surface area contributed by atoms with Gasteiger partial charge in [-0.25, -0.2) is 9.46 Å². The van der Waals surface area contributed by atoms with Crippen LogP contribution < -0.4 is 11.2 Å². The fourth-order valence-corrected chi connectivity index (χ4v) is 5.45. The van der Waals surface area contributed by atoms with Crippen LogP contribution in [0.1, 0.15) is 54.2 Å². The zero-order chi connectivity index (χ0) is 28.8. The Morgan fingerprint density at radius 3 is 2.56 bits per heavy atom. The number of rotatable bonds is 13. The van der Waals surface area contributed by atoms with Crippen LogP contribution in [0.25, 0.3) is 0 Å². The number of nitrogens with one attached hydrogen (secondary N) is 1. The highest BCUT2D eigenvalue weighted by Gasteiger charge is 2.48. The third-order valence-electron chi connectivity index (χ3n) is 5.18. The molecule has 206 valence electrons. The molecule has 0 bridgehead atoms. The first-order valence-corrected chi connectivity index (χ1v) is 12.8. The maximum absolute atomic E-state index is 12.6. The highest BCUT2D eigenvalue weighted by Crippen LogP contribution is 2.50. The second kappa shape index (κ2) is 16.2. The van der Waals surface area contributed by atoms with Crippen LogP contribution in [-0.4, -0.2) is 85.2 Å². The molecule has 1 saturated heterocycles. The minimum Gasteiger partial charge on any atom is -0.400 e. The number of hydrogen-bond donors (Lipinski definition) is 2. The van der Waals surface area contributed by atoms with E-state index in [-0.39, 0.29) is 38.6 Å². The maximum Gasteiger partial charge on any atom is 0.330 e. The molecule has 1 unspecified atom stereocenters. The molecule has 1 aromatic rings. The quantitative estimate of drug-likeness (QED) is 0.284. The molecule has 2 heterocycles. The summed E-state index contributed by atoms with van der Waals surface area (Å²) in [4.78, 5) is 26.8. The Kier molecular flexibility index (Phi) is 13.0. The van der Waals surface area contributed by atoms with Gasteiger partial charge in [-0.15, -0.1) is 0 Å². The predicted octanol–water partition coefficient (Wildman–Crippen LogP) is 2.06. The molecular weight excluding hydrogens is 491 g/mol. The van der Waals surface area contributed by atoms with E-state index in [9.17, 15) is 9.59 Å². The van der Waals surface area contributed by atoms with Crippen molar-refractivity contribution in [2.75, 3.05) is 34.0 Å². The molecule has 1 fully saturated rings. The van der Waals surface area contributed by atoms with Gasteiger partial charge in [-0.3, -0.25) is 14.3 Å². The van der Waals surface area contributed by atoms with Crippen molar-refractivity contribution < 1.29 is 29.7 Å². The van der Waals surface area contributed by atoms with E-state index in [4.69, 9.17) is 31.3 Å². The number of aryl methyl sites for hydroxylation is 1. The highest BCUT2D eigenvalue weighted by molar-refractivity contribution is 7.44. The number of aromatic amines is 1. The maximum atomic E-state index is 12.6. The summed E-state index contributed by atoms with van der Waals surface area (Å²) in [6, 6.07) is 2.23. The van der Waals surface area contributed by atoms with Gasteiger partial charge in [-0.05, 0) is 41.5 Å². The van der Waals surface area contributed by atoms with Crippen LogP contribution >= 0.6 is 8.53 Å². The summed E-state index contributed by atoms with van der Waals surface area (Å²) in [5.74, 6) is 0. The number of aliphatic hydroxyl groups is 1. The smallest absolute Gasteiger partial charge is 0.330 e. The Balaban J connectivity index is 0.00000229. The minimum absolute atomic E-state index is 0.0769. The van der Waals surface area contributed by atoms with Crippen LogP contribution in [0.15, 0.2) is 15.8 Å². The number of nitriles is 1. The Labute approximate surface area is 216 Å². The second-order valence-corrected chi connectivity index (χ2v) is 9.90. The molecule has 0 aromatic carbocycles. The van der Waals surface area contributed by atoms with E-state index < -0.39 is 44.3 Å². The average Bonchev–Trinajstić information content (AvgIpc) is 3.18. The summed E-state index contributed by atoms with van der Waals surface area (Å²) >= 11 is 0. The highest BCUT2D eigenvalue weighted by atomic mass is 31.2. The van der Waals surface area contributed by atoms with Crippen molar-refractivity contribution in [3.8, 4) is 6.07 Å². The summed E-state index contributed by atoms with van der Waals surface area (Å²) in [6.45, 7) is 10.2. The summed E-state index contributed by atoms with van der Waals surface area (Å²) in [5.41, 5.74) is -0.790. The van der Waals surface area contributed by atoms with E-state index >= 15 is 0 Å². The normalized spacial score (nSPS) is 23.2. The van der Waals surface area contributed by atoms with Crippen molar-refractivity contribution in [3.63, 3.8) is 0 Å². The largest absolute Gasteiger partial charge is 0.400 e. The molecule has 2 rings (SSSR count). The number of nitrogens with zero attached hydrogens (tertiary/aromatic N) is 3. The summed E-state index contributed by atoms with van der Waals surface area (Å²) in [7, 11) is 1.19. The molecule has 0 saturated carbocycles. The lowest BCUT2D eigenvalue weighted by atomic mass is 10.1. The first kappa shape index (κ1) is 28.9. The van der Waals surface area contributed by atoms with Crippen molar-refractivity contribution in [2.24, 2.45) is 0 Å². The Hall–Kier alpha value is -1.68. The SMILES string of the molecule is [2H]C[C@H]1O[C@@H](n2cc(C)c(=O)[nH]c2=O)[C@H](OCCOC)[C@@H]1OP(OCCC#N)N(C(C)C)C(C)C.[3H]OC. The van der Waals surface area contributed by atoms with Gasteiger partial charge in [0.25, 0.3) is 14.1 Å². The van der Waals surface area contributed by atoms with Crippen molar-refractivity contribution >= 4 is 8.53 Å². The Bertz CT molecular complexity index is 966. The van der Waals surface area contributed by atoms with Crippen molar-refractivity contribution in [1.82, 2.24) is 14.2 Å². The topological polar surface area (TPSA) is 148 Å². The molecule has 13 heteroatoms. The van der Waals surface area contributed by atoms with E-state index in [1.165, 1.54) is 17.9 Å². The monoisotopic (exact) mass is 535 g/mol. The fourth-order valence-electron chi connectivity index (χ4n) is 3.68. The third-order valence-corrected chi connectivity index (χ3v) is 7.31. The van der Waals surface area contributed by atoms with Crippen LogP contribution in [0.4, 0.5) is 0 Å². The van der Waals surface area contributed by atoms with Crippen molar-refractivity contribution in [1.29, 1.82) is 6.69 Å². The van der Waals surface area contributed by atoms with Gasteiger partial charge in [0.15, 0.2) is 6.23 Å². The van der Waals surface area contributed by atoms with Crippen LogP contribution in [0.2, 0.25) is 0 Å². The van der Waals surface area contributed by atoms with Gasteiger partial charge in [0.1, 0.15) is 12.2 Å². The first-order valence-electron chi connectivity index (χ1n) is 12.8. The van der Waals surface area contributed by atoms with Crippen molar-refractivity contribution in [2.45, 2.75) is 84.6 Å².